The predicted octanol–water partition coefficient (Wildman–Crippen LogP) is 3.59. The van der Waals surface area contributed by atoms with E-state index in [0.717, 1.165) is 16.9 Å². The molecule has 0 bridgehead atoms. The van der Waals surface area contributed by atoms with Gasteiger partial charge < -0.3 is 4.74 Å². The Balaban J connectivity index is 1.83. The second-order valence-electron chi connectivity index (χ2n) is 5.47. The topological polar surface area (TPSA) is 26.3 Å². The highest BCUT2D eigenvalue weighted by Crippen LogP contribution is 2.34. The number of carbonyl (C=O) groups is 1. The zero-order valence-corrected chi connectivity index (χ0v) is 11.8. The van der Waals surface area contributed by atoms with Crippen LogP contribution in [0.15, 0.2) is 42.5 Å². The summed E-state index contributed by atoms with van der Waals surface area (Å²) in [4.78, 5) is 12.6. The fourth-order valence-corrected chi connectivity index (χ4v) is 2.73. The fraction of sp³-hybridized carbons (Fsp3) is 0.278. The first-order valence-electron chi connectivity index (χ1n) is 6.96. The van der Waals surface area contributed by atoms with E-state index in [-0.39, 0.29) is 11.7 Å². The number of benzene rings is 2. The van der Waals surface area contributed by atoms with Crippen molar-refractivity contribution in [3.8, 4) is 5.75 Å². The minimum Gasteiger partial charge on any atom is -0.492 e. The normalized spacial score (nSPS) is 16.6. The van der Waals surface area contributed by atoms with Crippen LogP contribution in [0, 0.1) is 13.8 Å². The first-order valence-corrected chi connectivity index (χ1v) is 6.96. The third kappa shape index (κ3) is 2.34. The minimum absolute atomic E-state index is 0.119. The van der Waals surface area contributed by atoms with Crippen LogP contribution in [0.3, 0.4) is 0 Å². The summed E-state index contributed by atoms with van der Waals surface area (Å²) in [6.07, 6.45) is 0.482. The molecular weight excluding hydrogens is 248 g/mol. The molecule has 0 amide bonds. The molecule has 1 unspecified atom stereocenters. The molecule has 0 radical (unpaired) electrons. The number of carbonyl (C=O) groups excluding carboxylic acids is 1. The van der Waals surface area contributed by atoms with Crippen molar-refractivity contribution in [2.45, 2.75) is 26.2 Å². The van der Waals surface area contributed by atoms with Crippen LogP contribution in [0.2, 0.25) is 0 Å². The Morgan fingerprint density at radius 2 is 2.00 bits per heavy atom. The van der Waals surface area contributed by atoms with Crippen molar-refractivity contribution in [2.75, 3.05) is 6.61 Å². The van der Waals surface area contributed by atoms with Gasteiger partial charge in [0.2, 0.25) is 0 Å². The zero-order chi connectivity index (χ0) is 14.1. The van der Waals surface area contributed by atoms with Crippen molar-refractivity contribution in [3.05, 3.63) is 64.7 Å². The lowest BCUT2D eigenvalue weighted by atomic mass is 9.91. The van der Waals surface area contributed by atoms with Crippen LogP contribution in [-0.4, -0.2) is 12.4 Å². The van der Waals surface area contributed by atoms with Gasteiger partial charge in [-0.2, -0.15) is 0 Å². The number of rotatable bonds is 3. The Labute approximate surface area is 119 Å². The molecule has 2 heteroatoms. The van der Waals surface area contributed by atoms with Crippen molar-refractivity contribution >= 4 is 5.78 Å². The molecule has 1 aliphatic rings. The average Bonchev–Trinajstić information content (AvgIpc) is 2.87. The molecule has 0 fully saturated rings. The van der Waals surface area contributed by atoms with E-state index in [1.54, 1.807) is 0 Å². The van der Waals surface area contributed by atoms with Crippen molar-refractivity contribution < 1.29 is 9.53 Å². The van der Waals surface area contributed by atoms with Crippen LogP contribution in [0.4, 0.5) is 0 Å². The van der Waals surface area contributed by atoms with Gasteiger partial charge in [-0.3, -0.25) is 4.79 Å². The summed E-state index contributed by atoms with van der Waals surface area (Å²) in [5.74, 6) is 0.974. The number of Topliss-reactive ketones (excluding diaryl/α,β-unsaturated/α-hetero) is 1. The van der Waals surface area contributed by atoms with Crippen molar-refractivity contribution in [2.24, 2.45) is 0 Å². The van der Waals surface area contributed by atoms with Crippen LogP contribution in [-0.2, 0) is 11.2 Å². The van der Waals surface area contributed by atoms with Gasteiger partial charge in [0.15, 0.2) is 0 Å². The highest BCUT2D eigenvalue weighted by molar-refractivity contribution is 5.89. The second kappa shape index (κ2) is 5.12. The van der Waals surface area contributed by atoms with Gasteiger partial charge in [-0.1, -0.05) is 42.0 Å². The van der Waals surface area contributed by atoms with E-state index < -0.39 is 0 Å². The summed E-state index contributed by atoms with van der Waals surface area (Å²) in [6.45, 7) is 4.59. The summed E-state index contributed by atoms with van der Waals surface area (Å²) < 4.78 is 5.60. The molecule has 0 aromatic heterocycles. The first kappa shape index (κ1) is 12.9. The second-order valence-corrected chi connectivity index (χ2v) is 5.47. The van der Waals surface area contributed by atoms with Crippen LogP contribution in [0.25, 0.3) is 0 Å². The number of ether oxygens (including phenoxy) is 1. The lowest BCUT2D eigenvalue weighted by molar-refractivity contribution is -0.120. The van der Waals surface area contributed by atoms with E-state index in [9.17, 15) is 4.79 Å². The molecule has 1 aliphatic heterocycles. The molecule has 102 valence electrons. The van der Waals surface area contributed by atoms with Gasteiger partial charge in [0.1, 0.15) is 18.1 Å². The quantitative estimate of drug-likeness (QED) is 0.848. The van der Waals surface area contributed by atoms with E-state index in [1.165, 1.54) is 11.1 Å². The van der Waals surface area contributed by atoms with Crippen molar-refractivity contribution in [1.82, 2.24) is 0 Å². The zero-order valence-electron chi connectivity index (χ0n) is 11.8. The lowest BCUT2D eigenvalue weighted by Crippen LogP contribution is -2.17. The largest absolute Gasteiger partial charge is 0.492 e. The molecule has 0 N–H and O–H groups in total. The molecule has 3 rings (SSSR count). The Bertz CT molecular complexity index is 658. The summed E-state index contributed by atoms with van der Waals surface area (Å²) in [7, 11) is 0. The van der Waals surface area contributed by atoms with Crippen molar-refractivity contribution in [3.63, 3.8) is 0 Å². The molecular formula is C18H18O2. The number of ketones is 1. The smallest absolute Gasteiger partial charge is 0.148 e. The molecule has 2 aromatic carbocycles. The minimum atomic E-state index is -0.119. The third-order valence-corrected chi connectivity index (χ3v) is 3.96. The fourth-order valence-electron chi connectivity index (χ4n) is 2.73. The van der Waals surface area contributed by atoms with Crippen molar-refractivity contribution in [1.29, 1.82) is 0 Å². The summed E-state index contributed by atoms with van der Waals surface area (Å²) in [5, 5.41) is 0. The molecule has 1 atom stereocenters. The number of hydrogen-bond acceptors (Lipinski definition) is 2. The van der Waals surface area contributed by atoms with E-state index in [2.05, 4.69) is 32.0 Å². The van der Waals surface area contributed by atoms with E-state index in [1.807, 2.05) is 24.3 Å². The highest BCUT2D eigenvalue weighted by Gasteiger charge is 2.29. The molecule has 2 aromatic rings. The molecule has 2 nitrogen and oxygen atoms in total. The molecule has 0 saturated heterocycles. The molecule has 20 heavy (non-hydrogen) atoms. The number of para-hydroxylation sites is 1. The SMILES string of the molecule is Cc1ccc(C)c(CC(=O)C2COc3ccccc32)c1. The number of aryl methyl sites for hydroxylation is 2. The maximum absolute atomic E-state index is 12.6. The number of fused-ring (bicyclic) bond motifs is 1. The van der Waals surface area contributed by atoms with Crippen LogP contribution in [0.1, 0.15) is 28.2 Å². The van der Waals surface area contributed by atoms with E-state index in [0.29, 0.717) is 13.0 Å². The lowest BCUT2D eigenvalue weighted by Gasteiger charge is -2.10. The van der Waals surface area contributed by atoms with Gasteiger partial charge in [-0.25, -0.2) is 0 Å². The Kier molecular flexibility index (Phi) is 3.31. The maximum Gasteiger partial charge on any atom is 0.148 e. The maximum atomic E-state index is 12.6. The predicted molar refractivity (Wildman–Crippen MR) is 79.3 cm³/mol. The standard InChI is InChI=1S/C18H18O2/c1-12-7-8-13(2)14(9-12)10-17(19)16-11-20-18-6-4-3-5-15(16)18/h3-9,16H,10-11H2,1-2H3. The first-order chi connectivity index (χ1) is 9.65. The number of hydrogen-bond donors (Lipinski definition) is 0. The highest BCUT2D eigenvalue weighted by atomic mass is 16.5. The Hall–Kier alpha value is -2.09. The molecule has 0 spiro atoms. The van der Waals surface area contributed by atoms with Gasteiger partial charge in [0.05, 0.1) is 5.92 Å². The van der Waals surface area contributed by atoms with Gasteiger partial charge in [0.25, 0.3) is 0 Å². The van der Waals surface area contributed by atoms with E-state index >= 15 is 0 Å². The van der Waals surface area contributed by atoms with Gasteiger partial charge >= 0.3 is 0 Å². The Morgan fingerprint density at radius 1 is 1.20 bits per heavy atom. The van der Waals surface area contributed by atoms with Crippen LogP contribution < -0.4 is 4.74 Å². The third-order valence-electron chi connectivity index (χ3n) is 3.96. The molecule has 0 aliphatic carbocycles. The average molecular weight is 266 g/mol. The van der Waals surface area contributed by atoms with Crippen LogP contribution in [0.5, 0.6) is 5.75 Å². The van der Waals surface area contributed by atoms with Crippen LogP contribution >= 0.6 is 0 Å². The molecule has 0 saturated carbocycles. The summed E-state index contributed by atoms with van der Waals surface area (Å²) in [5.41, 5.74) is 4.53. The van der Waals surface area contributed by atoms with Gasteiger partial charge in [0, 0.05) is 12.0 Å². The molecule has 1 heterocycles. The van der Waals surface area contributed by atoms with E-state index in [4.69, 9.17) is 4.74 Å². The monoisotopic (exact) mass is 266 g/mol. The van der Waals surface area contributed by atoms with Gasteiger partial charge in [-0.15, -0.1) is 0 Å². The Morgan fingerprint density at radius 3 is 2.85 bits per heavy atom. The summed E-state index contributed by atoms with van der Waals surface area (Å²) in [6, 6.07) is 14.1. The summed E-state index contributed by atoms with van der Waals surface area (Å²) >= 11 is 0. The van der Waals surface area contributed by atoms with Gasteiger partial charge in [-0.05, 0) is 31.0 Å².